The molecular weight excluding hydrogens is 278 g/mol. The maximum atomic E-state index is 5.92. The summed E-state index contributed by atoms with van der Waals surface area (Å²) in [7, 11) is 0. The third kappa shape index (κ3) is 3.29. The molecule has 1 saturated heterocycles. The summed E-state index contributed by atoms with van der Waals surface area (Å²) in [5.74, 6) is 0. The van der Waals surface area contributed by atoms with E-state index in [1.807, 2.05) is 16.9 Å². The quantitative estimate of drug-likeness (QED) is 0.628. The molecular formula is C14H18ClN3O2. The molecule has 0 aromatic carbocycles. The summed E-state index contributed by atoms with van der Waals surface area (Å²) in [5.41, 5.74) is 0.825. The summed E-state index contributed by atoms with van der Waals surface area (Å²) < 4.78 is 13.1. The summed E-state index contributed by atoms with van der Waals surface area (Å²) in [5, 5.41) is 5.83. The van der Waals surface area contributed by atoms with Gasteiger partial charge in [-0.05, 0) is 37.8 Å². The Bertz CT molecular complexity index is 567. The number of hydrogen-bond acceptors (Lipinski definition) is 4. The maximum Gasteiger partial charge on any atom is 0.159 e. The third-order valence-electron chi connectivity index (χ3n) is 3.41. The van der Waals surface area contributed by atoms with Gasteiger partial charge in [0.15, 0.2) is 11.9 Å². The zero-order chi connectivity index (χ0) is 13.8. The lowest BCUT2D eigenvalue weighted by Crippen LogP contribution is -2.23. The number of fused-ring (bicyclic) bond motifs is 1. The first kappa shape index (κ1) is 13.8. The molecule has 3 heterocycles. The summed E-state index contributed by atoms with van der Waals surface area (Å²) in [6.45, 7) is 2.26. The van der Waals surface area contributed by atoms with E-state index in [-0.39, 0.29) is 6.29 Å². The van der Waals surface area contributed by atoms with Crippen molar-refractivity contribution in [2.75, 3.05) is 13.2 Å². The lowest BCUT2D eigenvalue weighted by molar-refractivity contribution is -0.163. The number of nitrogens with zero attached hydrogens (tertiary/aromatic N) is 3. The molecule has 0 saturated carbocycles. The molecule has 108 valence electrons. The molecule has 3 rings (SSSR count). The number of aryl methyl sites for hydroxylation is 1. The van der Waals surface area contributed by atoms with Gasteiger partial charge in [-0.2, -0.15) is 5.10 Å². The van der Waals surface area contributed by atoms with Crippen molar-refractivity contribution in [3.8, 4) is 0 Å². The van der Waals surface area contributed by atoms with E-state index in [4.69, 9.17) is 21.1 Å². The second-order valence-corrected chi connectivity index (χ2v) is 5.32. The van der Waals surface area contributed by atoms with Gasteiger partial charge in [0, 0.05) is 18.5 Å². The van der Waals surface area contributed by atoms with Crippen molar-refractivity contribution in [3.63, 3.8) is 0 Å². The summed E-state index contributed by atoms with van der Waals surface area (Å²) in [6.07, 6.45) is 6.00. The first-order chi connectivity index (χ1) is 9.83. The molecule has 0 N–H and O–H groups in total. The van der Waals surface area contributed by atoms with Gasteiger partial charge in [0.2, 0.25) is 0 Å². The van der Waals surface area contributed by atoms with Crippen LogP contribution in [0.1, 0.15) is 25.7 Å². The van der Waals surface area contributed by atoms with Gasteiger partial charge in [0.25, 0.3) is 0 Å². The fourth-order valence-corrected chi connectivity index (χ4v) is 2.51. The zero-order valence-electron chi connectivity index (χ0n) is 11.3. The SMILES string of the molecule is Clc1ccc2cnn(CCCOC3CCCCO3)c2n1. The van der Waals surface area contributed by atoms with E-state index < -0.39 is 0 Å². The summed E-state index contributed by atoms with van der Waals surface area (Å²) >= 11 is 5.92. The lowest BCUT2D eigenvalue weighted by Gasteiger charge is -2.22. The minimum atomic E-state index is -0.0225. The second-order valence-electron chi connectivity index (χ2n) is 4.93. The molecule has 5 nitrogen and oxygen atoms in total. The van der Waals surface area contributed by atoms with Crippen molar-refractivity contribution in [1.82, 2.24) is 14.8 Å². The average Bonchev–Trinajstić information content (AvgIpc) is 2.87. The normalized spacial score (nSPS) is 19.6. The predicted molar refractivity (Wildman–Crippen MR) is 76.7 cm³/mol. The summed E-state index contributed by atoms with van der Waals surface area (Å²) in [6, 6.07) is 3.71. The molecule has 2 aromatic rings. The highest BCUT2D eigenvalue weighted by Crippen LogP contribution is 2.16. The van der Waals surface area contributed by atoms with Crippen LogP contribution in [0.5, 0.6) is 0 Å². The van der Waals surface area contributed by atoms with Crippen LogP contribution in [0.2, 0.25) is 5.15 Å². The Morgan fingerprint density at radius 3 is 3.20 bits per heavy atom. The van der Waals surface area contributed by atoms with Crippen LogP contribution in [0.4, 0.5) is 0 Å². The molecule has 2 aromatic heterocycles. The Balaban J connectivity index is 1.50. The first-order valence-corrected chi connectivity index (χ1v) is 7.42. The van der Waals surface area contributed by atoms with Crippen LogP contribution in [0, 0.1) is 0 Å². The van der Waals surface area contributed by atoms with Gasteiger partial charge in [-0.15, -0.1) is 0 Å². The number of halogens is 1. The van der Waals surface area contributed by atoms with Gasteiger partial charge in [0.05, 0.1) is 12.8 Å². The van der Waals surface area contributed by atoms with Crippen molar-refractivity contribution in [2.45, 2.75) is 38.5 Å². The Morgan fingerprint density at radius 2 is 2.35 bits per heavy atom. The van der Waals surface area contributed by atoms with Crippen molar-refractivity contribution in [3.05, 3.63) is 23.5 Å². The Morgan fingerprint density at radius 1 is 1.40 bits per heavy atom. The minimum absolute atomic E-state index is 0.0225. The number of rotatable bonds is 5. The van der Waals surface area contributed by atoms with E-state index in [1.54, 1.807) is 6.07 Å². The topological polar surface area (TPSA) is 49.2 Å². The van der Waals surface area contributed by atoms with E-state index in [9.17, 15) is 0 Å². The van der Waals surface area contributed by atoms with Crippen LogP contribution in [0.3, 0.4) is 0 Å². The molecule has 1 aliphatic rings. The average molecular weight is 296 g/mol. The Hall–Kier alpha value is -1.17. The number of ether oxygens (including phenoxy) is 2. The minimum Gasteiger partial charge on any atom is -0.353 e. The van der Waals surface area contributed by atoms with Crippen LogP contribution in [0.15, 0.2) is 18.3 Å². The smallest absolute Gasteiger partial charge is 0.159 e. The van der Waals surface area contributed by atoms with E-state index in [2.05, 4.69) is 10.1 Å². The van der Waals surface area contributed by atoms with Crippen LogP contribution in [-0.4, -0.2) is 34.3 Å². The van der Waals surface area contributed by atoms with Crippen molar-refractivity contribution in [1.29, 1.82) is 0 Å². The molecule has 1 fully saturated rings. The highest BCUT2D eigenvalue weighted by molar-refractivity contribution is 6.29. The maximum absolute atomic E-state index is 5.92. The highest BCUT2D eigenvalue weighted by atomic mass is 35.5. The molecule has 20 heavy (non-hydrogen) atoms. The van der Waals surface area contributed by atoms with Gasteiger partial charge in [-0.3, -0.25) is 0 Å². The van der Waals surface area contributed by atoms with Crippen molar-refractivity contribution in [2.24, 2.45) is 0 Å². The predicted octanol–water partition coefficient (Wildman–Crippen LogP) is 3.02. The number of aromatic nitrogens is 3. The molecule has 0 bridgehead atoms. The van der Waals surface area contributed by atoms with Crippen molar-refractivity contribution < 1.29 is 9.47 Å². The van der Waals surface area contributed by atoms with Gasteiger partial charge in [-0.1, -0.05) is 11.6 Å². The monoisotopic (exact) mass is 295 g/mol. The molecule has 0 radical (unpaired) electrons. The molecule has 1 atom stereocenters. The standard InChI is InChI=1S/C14H18ClN3O2/c15-12-6-5-11-10-16-18(14(11)17-12)7-3-9-20-13-4-1-2-8-19-13/h5-6,10,13H,1-4,7-9H2. The lowest BCUT2D eigenvalue weighted by atomic mass is 10.2. The first-order valence-electron chi connectivity index (χ1n) is 7.04. The molecule has 0 spiro atoms. The Kier molecular flexibility index (Phi) is 4.50. The molecule has 0 aliphatic carbocycles. The Labute approximate surface area is 122 Å². The van der Waals surface area contributed by atoms with Crippen LogP contribution >= 0.6 is 11.6 Å². The van der Waals surface area contributed by atoms with Crippen LogP contribution in [0.25, 0.3) is 11.0 Å². The van der Waals surface area contributed by atoms with E-state index in [0.717, 1.165) is 43.4 Å². The highest BCUT2D eigenvalue weighted by Gasteiger charge is 2.13. The summed E-state index contributed by atoms with van der Waals surface area (Å²) in [4.78, 5) is 4.30. The zero-order valence-corrected chi connectivity index (χ0v) is 12.1. The largest absolute Gasteiger partial charge is 0.353 e. The second kappa shape index (κ2) is 6.52. The molecule has 6 heteroatoms. The number of hydrogen-bond donors (Lipinski definition) is 0. The fraction of sp³-hybridized carbons (Fsp3) is 0.571. The fourth-order valence-electron chi connectivity index (χ4n) is 2.37. The van der Waals surface area contributed by atoms with Gasteiger partial charge in [0.1, 0.15) is 5.15 Å². The van der Waals surface area contributed by atoms with E-state index in [1.165, 1.54) is 6.42 Å². The van der Waals surface area contributed by atoms with Gasteiger partial charge in [-0.25, -0.2) is 9.67 Å². The molecule has 0 amide bonds. The van der Waals surface area contributed by atoms with Gasteiger partial charge >= 0.3 is 0 Å². The van der Waals surface area contributed by atoms with Crippen molar-refractivity contribution >= 4 is 22.6 Å². The third-order valence-corrected chi connectivity index (χ3v) is 3.62. The van der Waals surface area contributed by atoms with Gasteiger partial charge < -0.3 is 9.47 Å². The number of pyridine rings is 1. The molecule has 1 unspecified atom stereocenters. The van der Waals surface area contributed by atoms with E-state index >= 15 is 0 Å². The van der Waals surface area contributed by atoms with E-state index in [0.29, 0.717) is 11.8 Å². The van der Waals surface area contributed by atoms with Crippen LogP contribution in [-0.2, 0) is 16.0 Å². The van der Waals surface area contributed by atoms with Crippen LogP contribution < -0.4 is 0 Å². The molecule has 1 aliphatic heterocycles.